The Balaban J connectivity index is 2.12. The van der Waals surface area contributed by atoms with Crippen LogP contribution in [0.15, 0.2) is 0 Å². The first kappa shape index (κ1) is 12.5. The van der Waals surface area contributed by atoms with Gasteiger partial charge in [0.05, 0.1) is 0 Å². The van der Waals surface area contributed by atoms with E-state index in [1.807, 2.05) is 0 Å². The van der Waals surface area contributed by atoms with Gasteiger partial charge in [0.15, 0.2) is 0 Å². The Hall–Kier alpha value is -0.610. The first-order valence-electron chi connectivity index (χ1n) is 5.67. The highest BCUT2D eigenvalue weighted by Gasteiger charge is 2.19. The first-order valence-corrected chi connectivity index (χ1v) is 5.67. The molecule has 0 atom stereocenters. The van der Waals surface area contributed by atoms with Crippen LogP contribution in [0.4, 0.5) is 0 Å². The molecule has 0 aliphatic heterocycles. The zero-order valence-corrected chi connectivity index (χ0v) is 9.02. The quantitative estimate of drug-likeness (QED) is 0.646. The van der Waals surface area contributed by atoms with Gasteiger partial charge in [-0.15, -0.1) is 0 Å². The Labute approximate surface area is 90.2 Å². The maximum atomic E-state index is 11.3. The molecule has 0 heterocycles. The molecule has 0 aromatic carbocycles. The molecule has 15 heavy (non-hydrogen) atoms. The summed E-state index contributed by atoms with van der Waals surface area (Å²) in [6.07, 6.45) is 5.16. The number of carbonyl (C=O) groups excluding carboxylic acids is 1. The second-order valence-corrected chi connectivity index (χ2v) is 4.17. The Kier molecular flexibility index (Phi) is 5.65. The number of hydrogen-bond acceptors (Lipinski definition) is 4. The van der Waals surface area contributed by atoms with E-state index in [-0.39, 0.29) is 31.2 Å². The molecule has 0 saturated heterocycles. The number of esters is 1. The Morgan fingerprint density at radius 1 is 1.27 bits per heavy atom. The van der Waals surface area contributed by atoms with Gasteiger partial charge in [-0.25, -0.2) is 0 Å². The molecular weight excluding hydrogens is 196 g/mol. The van der Waals surface area contributed by atoms with Crippen LogP contribution in [0.2, 0.25) is 0 Å². The summed E-state index contributed by atoms with van der Waals surface area (Å²) in [6, 6.07) is 0. The van der Waals surface area contributed by atoms with Crippen molar-refractivity contribution < 1.29 is 19.7 Å². The molecular formula is C11H20O4. The molecule has 2 N–H and O–H groups in total. The van der Waals surface area contributed by atoms with Gasteiger partial charge >= 0.3 is 5.97 Å². The fourth-order valence-corrected chi connectivity index (χ4v) is 1.81. The monoisotopic (exact) mass is 216 g/mol. The molecule has 1 aliphatic carbocycles. The van der Waals surface area contributed by atoms with E-state index in [0.717, 1.165) is 25.7 Å². The van der Waals surface area contributed by atoms with E-state index in [9.17, 15) is 4.79 Å². The first-order chi connectivity index (χ1) is 7.26. The highest BCUT2D eigenvalue weighted by molar-refractivity contribution is 5.69. The summed E-state index contributed by atoms with van der Waals surface area (Å²) >= 11 is 0. The number of carbonyl (C=O) groups is 1. The number of aliphatic hydroxyl groups excluding tert-OH is 2. The third kappa shape index (κ3) is 4.62. The van der Waals surface area contributed by atoms with Crippen LogP contribution in [0.1, 0.15) is 38.5 Å². The van der Waals surface area contributed by atoms with Crippen molar-refractivity contribution in [2.45, 2.75) is 44.6 Å². The summed E-state index contributed by atoms with van der Waals surface area (Å²) in [5.74, 6) is -0.394. The van der Waals surface area contributed by atoms with Crippen molar-refractivity contribution in [1.82, 2.24) is 0 Å². The molecule has 88 valence electrons. The van der Waals surface area contributed by atoms with Crippen LogP contribution >= 0.6 is 0 Å². The van der Waals surface area contributed by atoms with Gasteiger partial charge in [-0.1, -0.05) is 0 Å². The molecule has 0 radical (unpaired) electrons. The predicted molar refractivity (Wildman–Crippen MR) is 55.2 cm³/mol. The Morgan fingerprint density at radius 2 is 1.87 bits per heavy atom. The zero-order valence-electron chi connectivity index (χ0n) is 9.02. The lowest BCUT2D eigenvalue weighted by Gasteiger charge is -2.13. The average molecular weight is 216 g/mol. The average Bonchev–Trinajstić information content (AvgIpc) is 2.72. The van der Waals surface area contributed by atoms with Crippen LogP contribution in [0.5, 0.6) is 0 Å². The molecule has 0 aromatic heterocycles. The third-order valence-electron chi connectivity index (χ3n) is 2.87. The maximum Gasteiger partial charge on any atom is 0.306 e. The topological polar surface area (TPSA) is 66.8 Å². The molecule has 1 rings (SSSR count). The lowest BCUT2D eigenvalue weighted by molar-refractivity contribution is -0.149. The number of aliphatic hydroxyl groups is 2. The molecule has 0 bridgehead atoms. The van der Waals surface area contributed by atoms with Crippen LogP contribution in [0.25, 0.3) is 0 Å². The van der Waals surface area contributed by atoms with Crippen molar-refractivity contribution >= 4 is 5.97 Å². The van der Waals surface area contributed by atoms with Gasteiger partial charge in [-0.05, 0) is 32.1 Å². The van der Waals surface area contributed by atoms with Crippen molar-refractivity contribution in [2.24, 2.45) is 5.92 Å². The Morgan fingerprint density at radius 3 is 2.40 bits per heavy atom. The third-order valence-corrected chi connectivity index (χ3v) is 2.87. The van der Waals surface area contributed by atoms with Crippen molar-refractivity contribution in [2.75, 3.05) is 13.2 Å². The van der Waals surface area contributed by atoms with Gasteiger partial charge in [0.2, 0.25) is 0 Å². The van der Waals surface area contributed by atoms with Gasteiger partial charge in [-0.3, -0.25) is 4.79 Å². The van der Waals surface area contributed by atoms with Gasteiger partial charge in [-0.2, -0.15) is 0 Å². The SMILES string of the molecule is O=C(CCC(CO)CO)OC1CCCC1. The van der Waals surface area contributed by atoms with Gasteiger partial charge in [0.1, 0.15) is 6.10 Å². The van der Waals surface area contributed by atoms with Crippen LogP contribution in [0, 0.1) is 5.92 Å². The van der Waals surface area contributed by atoms with Crippen LogP contribution in [0.3, 0.4) is 0 Å². The summed E-state index contributed by atoms with van der Waals surface area (Å²) in [5.41, 5.74) is 0. The highest BCUT2D eigenvalue weighted by Crippen LogP contribution is 2.21. The fourth-order valence-electron chi connectivity index (χ4n) is 1.81. The number of hydrogen-bond donors (Lipinski definition) is 2. The summed E-state index contributed by atoms with van der Waals surface area (Å²) in [5, 5.41) is 17.6. The van der Waals surface area contributed by atoms with Crippen molar-refractivity contribution in [1.29, 1.82) is 0 Å². The highest BCUT2D eigenvalue weighted by atomic mass is 16.5. The second-order valence-electron chi connectivity index (χ2n) is 4.17. The molecule has 1 aliphatic rings. The van der Waals surface area contributed by atoms with Crippen LogP contribution < -0.4 is 0 Å². The van der Waals surface area contributed by atoms with Crippen molar-refractivity contribution in [3.05, 3.63) is 0 Å². The molecule has 0 spiro atoms. The second kappa shape index (κ2) is 6.80. The molecule has 1 saturated carbocycles. The molecule has 0 unspecified atom stereocenters. The fraction of sp³-hybridized carbons (Fsp3) is 0.909. The minimum Gasteiger partial charge on any atom is -0.462 e. The number of rotatable bonds is 6. The smallest absolute Gasteiger partial charge is 0.306 e. The Bertz CT molecular complexity index is 183. The molecule has 0 aromatic rings. The van der Waals surface area contributed by atoms with E-state index < -0.39 is 0 Å². The summed E-state index contributed by atoms with van der Waals surface area (Å²) in [7, 11) is 0. The van der Waals surface area contributed by atoms with Crippen LogP contribution in [-0.2, 0) is 9.53 Å². The van der Waals surface area contributed by atoms with E-state index in [4.69, 9.17) is 14.9 Å². The van der Waals surface area contributed by atoms with E-state index in [0.29, 0.717) is 12.8 Å². The summed E-state index contributed by atoms with van der Waals surface area (Å²) in [6.45, 7) is -0.152. The molecule has 4 heteroatoms. The number of ether oxygens (including phenoxy) is 1. The lowest BCUT2D eigenvalue weighted by atomic mass is 10.1. The van der Waals surface area contributed by atoms with E-state index in [1.54, 1.807) is 0 Å². The van der Waals surface area contributed by atoms with Crippen LogP contribution in [-0.4, -0.2) is 35.5 Å². The summed E-state index contributed by atoms with van der Waals surface area (Å²) < 4.78 is 5.25. The van der Waals surface area contributed by atoms with E-state index in [1.165, 1.54) is 0 Å². The maximum absolute atomic E-state index is 11.3. The minimum atomic E-state index is -0.200. The standard InChI is InChI=1S/C11H20O4/c12-7-9(8-13)5-6-11(14)15-10-3-1-2-4-10/h9-10,12-13H,1-8H2. The predicted octanol–water partition coefficient (Wildman–Crippen LogP) is 0.853. The molecule has 1 fully saturated rings. The van der Waals surface area contributed by atoms with E-state index in [2.05, 4.69) is 0 Å². The zero-order chi connectivity index (χ0) is 11.1. The van der Waals surface area contributed by atoms with E-state index >= 15 is 0 Å². The van der Waals surface area contributed by atoms with Gasteiger partial charge in [0, 0.05) is 25.6 Å². The van der Waals surface area contributed by atoms with Gasteiger partial charge < -0.3 is 14.9 Å². The molecule has 0 amide bonds. The van der Waals surface area contributed by atoms with Gasteiger partial charge in [0.25, 0.3) is 0 Å². The lowest BCUT2D eigenvalue weighted by Crippen LogP contribution is -2.17. The minimum absolute atomic E-state index is 0.0762. The van der Waals surface area contributed by atoms with Crippen molar-refractivity contribution in [3.8, 4) is 0 Å². The normalized spacial score (nSPS) is 17.3. The largest absolute Gasteiger partial charge is 0.462 e. The van der Waals surface area contributed by atoms with Crippen molar-refractivity contribution in [3.63, 3.8) is 0 Å². The molecule has 4 nitrogen and oxygen atoms in total. The summed E-state index contributed by atoms with van der Waals surface area (Å²) in [4.78, 5) is 11.3.